The fourth-order valence-electron chi connectivity index (χ4n) is 1.68. The normalized spacial score (nSPS) is 14.4. The molecule has 1 heterocycles. The molecule has 1 aliphatic rings. The van der Waals surface area contributed by atoms with Gasteiger partial charge in [0.25, 0.3) is 0 Å². The van der Waals surface area contributed by atoms with E-state index < -0.39 is 0 Å². The Morgan fingerprint density at radius 3 is 2.61 bits per heavy atom. The Morgan fingerprint density at radius 1 is 1.33 bits per heavy atom. The average molecular weight is 269 g/mol. The zero-order chi connectivity index (χ0) is 13.1. The minimum absolute atomic E-state index is 0.255. The van der Waals surface area contributed by atoms with Gasteiger partial charge in [0, 0.05) is 33.1 Å². The molecule has 0 N–H and O–H groups in total. The summed E-state index contributed by atoms with van der Waals surface area (Å²) in [5.74, 6) is 1.29. The molecule has 1 aromatic rings. The van der Waals surface area contributed by atoms with Gasteiger partial charge in [-0.25, -0.2) is 0 Å². The Kier molecular flexibility index (Phi) is 4.01. The Morgan fingerprint density at radius 2 is 2.06 bits per heavy atom. The van der Waals surface area contributed by atoms with Crippen molar-refractivity contribution in [2.45, 2.75) is 12.8 Å². The van der Waals surface area contributed by atoms with Crippen molar-refractivity contribution >= 4 is 23.3 Å². The standard InChI is InChI=1S/C12H17ClN4O/c1-16(11-6-5-10(13)14-15-11)7-8-17(2)12(18)9-3-4-9/h5-6,9H,3-4,7-8H2,1-2H3. The van der Waals surface area contributed by atoms with Gasteiger partial charge < -0.3 is 9.80 Å². The summed E-state index contributed by atoms with van der Waals surface area (Å²) in [7, 11) is 3.77. The smallest absolute Gasteiger partial charge is 0.225 e. The van der Waals surface area contributed by atoms with Gasteiger partial charge in [-0.05, 0) is 25.0 Å². The van der Waals surface area contributed by atoms with Crippen molar-refractivity contribution in [1.82, 2.24) is 15.1 Å². The van der Waals surface area contributed by atoms with Gasteiger partial charge in [-0.15, -0.1) is 10.2 Å². The summed E-state index contributed by atoms with van der Waals surface area (Å²) in [5, 5.41) is 8.17. The lowest BCUT2D eigenvalue weighted by atomic mass is 10.3. The third-order valence-corrected chi connectivity index (χ3v) is 3.28. The lowest BCUT2D eigenvalue weighted by Crippen LogP contribution is -2.35. The lowest BCUT2D eigenvalue weighted by molar-refractivity contribution is -0.131. The van der Waals surface area contributed by atoms with Gasteiger partial charge in [0.1, 0.15) is 0 Å². The summed E-state index contributed by atoms with van der Waals surface area (Å²) < 4.78 is 0. The van der Waals surface area contributed by atoms with E-state index in [2.05, 4.69) is 10.2 Å². The molecule has 0 aliphatic heterocycles. The second kappa shape index (κ2) is 5.52. The first-order chi connectivity index (χ1) is 8.58. The highest BCUT2D eigenvalue weighted by atomic mass is 35.5. The van der Waals surface area contributed by atoms with E-state index in [1.165, 1.54) is 0 Å². The van der Waals surface area contributed by atoms with Crippen LogP contribution < -0.4 is 4.90 Å². The van der Waals surface area contributed by atoms with Crippen LogP contribution in [-0.2, 0) is 4.79 Å². The first-order valence-corrected chi connectivity index (χ1v) is 6.41. The highest BCUT2D eigenvalue weighted by Gasteiger charge is 2.31. The minimum Gasteiger partial charge on any atom is -0.356 e. The van der Waals surface area contributed by atoms with Crippen molar-refractivity contribution in [2.75, 3.05) is 32.1 Å². The van der Waals surface area contributed by atoms with Crippen LogP contribution in [0.1, 0.15) is 12.8 Å². The van der Waals surface area contributed by atoms with Gasteiger partial charge in [-0.1, -0.05) is 11.6 Å². The second-order valence-corrected chi connectivity index (χ2v) is 5.06. The molecule has 0 atom stereocenters. The van der Waals surface area contributed by atoms with Crippen LogP contribution in [0.3, 0.4) is 0 Å². The Hall–Kier alpha value is -1.36. The maximum Gasteiger partial charge on any atom is 0.225 e. The van der Waals surface area contributed by atoms with Crippen LogP contribution in [-0.4, -0.2) is 48.2 Å². The van der Waals surface area contributed by atoms with Crippen LogP contribution in [0.2, 0.25) is 5.15 Å². The molecular weight excluding hydrogens is 252 g/mol. The number of likely N-dealkylation sites (N-methyl/N-ethyl adjacent to an activating group) is 2. The summed E-state index contributed by atoms with van der Waals surface area (Å²) in [6, 6.07) is 3.53. The van der Waals surface area contributed by atoms with Crippen LogP contribution >= 0.6 is 11.6 Å². The molecule has 0 spiro atoms. The Labute approximate surface area is 112 Å². The molecule has 1 aliphatic carbocycles. The molecule has 98 valence electrons. The number of halogens is 1. The number of carbonyl (C=O) groups is 1. The molecular formula is C12H17ClN4O. The van der Waals surface area contributed by atoms with Crippen molar-refractivity contribution in [3.05, 3.63) is 17.3 Å². The largest absolute Gasteiger partial charge is 0.356 e. The third-order valence-electron chi connectivity index (χ3n) is 3.08. The van der Waals surface area contributed by atoms with Gasteiger partial charge in [0.05, 0.1) is 0 Å². The van der Waals surface area contributed by atoms with Crippen molar-refractivity contribution in [1.29, 1.82) is 0 Å². The first kappa shape index (κ1) is 13.1. The van der Waals surface area contributed by atoms with E-state index in [0.717, 1.165) is 25.2 Å². The number of carbonyl (C=O) groups excluding carboxylic acids is 1. The Balaban J connectivity index is 1.82. The fraction of sp³-hybridized carbons (Fsp3) is 0.583. The summed E-state index contributed by atoms with van der Waals surface area (Å²) >= 11 is 5.68. The SMILES string of the molecule is CN(CCN(C)c1ccc(Cl)nn1)C(=O)C1CC1. The van der Waals surface area contributed by atoms with Gasteiger partial charge >= 0.3 is 0 Å². The van der Waals surface area contributed by atoms with E-state index in [1.807, 2.05) is 25.1 Å². The molecule has 5 nitrogen and oxygen atoms in total. The fourth-order valence-corrected chi connectivity index (χ4v) is 1.78. The number of anilines is 1. The monoisotopic (exact) mass is 268 g/mol. The topological polar surface area (TPSA) is 49.3 Å². The van der Waals surface area contributed by atoms with E-state index in [4.69, 9.17) is 11.6 Å². The van der Waals surface area contributed by atoms with Gasteiger partial charge in [-0.2, -0.15) is 0 Å². The van der Waals surface area contributed by atoms with Crippen LogP contribution in [0, 0.1) is 5.92 Å². The molecule has 0 unspecified atom stereocenters. The number of hydrogen-bond acceptors (Lipinski definition) is 4. The maximum absolute atomic E-state index is 11.8. The molecule has 1 amide bonds. The summed E-state index contributed by atoms with van der Waals surface area (Å²) in [4.78, 5) is 15.5. The number of rotatable bonds is 5. The molecule has 6 heteroatoms. The molecule has 2 rings (SSSR count). The van der Waals surface area contributed by atoms with Crippen LogP contribution in [0.5, 0.6) is 0 Å². The number of amides is 1. The number of aromatic nitrogens is 2. The highest BCUT2D eigenvalue weighted by Crippen LogP contribution is 2.30. The molecule has 1 fully saturated rings. The highest BCUT2D eigenvalue weighted by molar-refractivity contribution is 6.29. The average Bonchev–Trinajstić information content (AvgIpc) is 3.19. The van der Waals surface area contributed by atoms with Crippen LogP contribution in [0.4, 0.5) is 5.82 Å². The van der Waals surface area contributed by atoms with E-state index in [9.17, 15) is 4.79 Å². The van der Waals surface area contributed by atoms with E-state index in [1.54, 1.807) is 11.0 Å². The molecule has 1 aromatic heterocycles. The predicted octanol–water partition coefficient (Wildman–Crippen LogP) is 1.43. The van der Waals surface area contributed by atoms with Gasteiger partial charge in [0.2, 0.25) is 5.91 Å². The summed E-state index contributed by atoms with van der Waals surface area (Å²) in [6.07, 6.45) is 2.09. The molecule has 0 radical (unpaired) electrons. The quantitative estimate of drug-likeness (QED) is 0.811. The Bertz CT molecular complexity index is 419. The molecule has 1 saturated carbocycles. The minimum atomic E-state index is 0.255. The molecule has 0 aromatic carbocycles. The molecule has 18 heavy (non-hydrogen) atoms. The van der Waals surface area contributed by atoms with E-state index in [0.29, 0.717) is 11.7 Å². The maximum atomic E-state index is 11.8. The zero-order valence-electron chi connectivity index (χ0n) is 10.6. The molecule has 0 bridgehead atoms. The first-order valence-electron chi connectivity index (χ1n) is 6.03. The third kappa shape index (κ3) is 3.32. The predicted molar refractivity (Wildman–Crippen MR) is 70.7 cm³/mol. The lowest BCUT2D eigenvalue weighted by Gasteiger charge is -2.22. The zero-order valence-corrected chi connectivity index (χ0v) is 11.4. The number of hydrogen-bond donors (Lipinski definition) is 0. The van der Waals surface area contributed by atoms with Crippen LogP contribution in [0.25, 0.3) is 0 Å². The summed E-state index contributed by atoms with van der Waals surface area (Å²) in [6.45, 7) is 1.42. The van der Waals surface area contributed by atoms with Gasteiger partial charge in [0.15, 0.2) is 11.0 Å². The number of nitrogens with zero attached hydrogens (tertiary/aromatic N) is 4. The second-order valence-electron chi connectivity index (χ2n) is 4.67. The van der Waals surface area contributed by atoms with Crippen molar-refractivity contribution in [3.8, 4) is 0 Å². The summed E-state index contributed by atoms with van der Waals surface area (Å²) in [5.41, 5.74) is 0. The van der Waals surface area contributed by atoms with E-state index in [-0.39, 0.29) is 11.8 Å². The molecule has 0 saturated heterocycles. The van der Waals surface area contributed by atoms with Crippen molar-refractivity contribution < 1.29 is 4.79 Å². The van der Waals surface area contributed by atoms with Crippen molar-refractivity contribution in [3.63, 3.8) is 0 Å². The van der Waals surface area contributed by atoms with E-state index >= 15 is 0 Å². The van der Waals surface area contributed by atoms with Gasteiger partial charge in [-0.3, -0.25) is 4.79 Å². The van der Waals surface area contributed by atoms with Crippen LogP contribution in [0.15, 0.2) is 12.1 Å². The van der Waals surface area contributed by atoms with Crippen molar-refractivity contribution in [2.24, 2.45) is 5.92 Å².